The lowest BCUT2D eigenvalue weighted by Gasteiger charge is -2.36. The van der Waals surface area contributed by atoms with Crippen LogP contribution in [0.25, 0.3) is 0 Å². The van der Waals surface area contributed by atoms with Gasteiger partial charge in [-0.25, -0.2) is 8.42 Å². The highest BCUT2D eigenvalue weighted by Crippen LogP contribution is 2.51. The first-order valence-electron chi connectivity index (χ1n) is 10.3. The SMILES string of the molecule is Cc1ccc2c(c1)C[C@H]1[C@H](CC3CCCCC3)c3ccccc3N1S2(=O)=O. The van der Waals surface area contributed by atoms with Gasteiger partial charge in [0.05, 0.1) is 16.6 Å². The Morgan fingerprint density at radius 3 is 2.63 bits per heavy atom. The minimum absolute atomic E-state index is 0.0311. The van der Waals surface area contributed by atoms with Crippen LogP contribution in [0.1, 0.15) is 61.1 Å². The minimum atomic E-state index is -3.49. The van der Waals surface area contributed by atoms with E-state index in [9.17, 15) is 8.42 Å². The summed E-state index contributed by atoms with van der Waals surface area (Å²) in [6.45, 7) is 2.04. The molecule has 0 unspecified atom stereocenters. The second-order valence-electron chi connectivity index (χ2n) is 8.59. The van der Waals surface area contributed by atoms with Gasteiger partial charge in [0.2, 0.25) is 0 Å². The maximum atomic E-state index is 13.5. The van der Waals surface area contributed by atoms with Crippen molar-refractivity contribution in [3.05, 3.63) is 59.2 Å². The topological polar surface area (TPSA) is 37.4 Å². The van der Waals surface area contributed by atoms with Crippen molar-refractivity contribution in [2.24, 2.45) is 5.92 Å². The van der Waals surface area contributed by atoms with Gasteiger partial charge in [-0.1, -0.05) is 68.0 Å². The molecule has 2 aromatic rings. The molecule has 0 N–H and O–H groups in total. The van der Waals surface area contributed by atoms with Crippen molar-refractivity contribution in [1.82, 2.24) is 0 Å². The summed E-state index contributed by atoms with van der Waals surface area (Å²) in [4.78, 5) is 0.498. The lowest BCUT2D eigenvalue weighted by atomic mass is 9.78. The quantitative estimate of drug-likeness (QED) is 0.718. The van der Waals surface area contributed by atoms with Crippen LogP contribution in [0.3, 0.4) is 0 Å². The molecular weight excluding hydrogens is 354 g/mol. The number of anilines is 1. The van der Waals surface area contributed by atoms with Crippen LogP contribution in [-0.2, 0) is 16.4 Å². The summed E-state index contributed by atoms with van der Waals surface area (Å²) in [7, 11) is -3.49. The summed E-state index contributed by atoms with van der Waals surface area (Å²) >= 11 is 0. The summed E-state index contributed by atoms with van der Waals surface area (Å²) < 4.78 is 28.8. The van der Waals surface area contributed by atoms with Crippen molar-refractivity contribution in [2.45, 2.75) is 68.7 Å². The van der Waals surface area contributed by atoms with Gasteiger partial charge in [-0.05, 0) is 48.9 Å². The third-order valence-corrected chi connectivity index (χ3v) is 8.77. The molecule has 0 radical (unpaired) electrons. The lowest BCUT2D eigenvalue weighted by Crippen LogP contribution is -2.45. The highest BCUT2D eigenvalue weighted by molar-refractivity contribution is 7.93. The van der Waals surface area contributed by atoms with Crippen LogP contribution in [0.2, 0.25) is 0 Å². The predicted octanol–water partition coefficient (Wildman–Crippen LogP) is 5.18. The number of hydrogen-bond donors (Lipinski definition) is 0. The number of para-hydroxylation sites is 1. The van der Waals surface area contributed by atoms with E-state index >= 15 is 0 Å². The first kappa shape index (κ1) is 17.3. The first-order valence-corrected chi connectivity index (χ1v) is 11.7. The first-order chi connectivity index (χ1) is 13.1. The van der Waals surface area contributed by atoms with Gasteiger partial charge in [-0.2, -0.15) is 0 Å². The van der Waals surface area contributed by atoms with Gasteiger partial charge >= 0.3 is 0 Å². The van der Waals surface area contributed by atoms with Crippen molar-refractivity contribution < 1.29 is 8.42 Å². The molecule has 2 aromatic carbocycles. The van der Waals surface area contributed by atoms with E-state index in [1.54, 1.807) is 10.4 Å². The van der Waals surface area contributed by atoms with E-state index in [1.807, 2.05) is 25.1 Å². The number of benzene rings is 2. The Labute approximate surface area is 162 Å². The molecule has 5 rings (SSSR count). The Bertz CT molecular complexity index is 976. The second-order valence-corrected chi connectivity index (χ2v) is 10.4. The summed E-state index contributed by atoms with van der Waals surface area (Å²) in [6, 6.07) is 14.0. The van der Waals surface area contributed by atoms with Crippen molar-refractivity contribution >= 4 is 15.7 Å². The van der Waals surface area contributed by atoms with Gasteiger partial charge in [0, 0.05) is 5.92 Å². The zero-order valence-corrected chi connectivity index (χ0v) is 16.7. The summed E-state index contributed by atoms with van der Waals surface area (Å²) in [5.74, 6) is 1.05. The number of aryl methyl sites for hydroxylation is 1. The van der Waals surface area contributed by atoms with Gasteiger partial charge in [-0.3, -0.25) is 4.31 Å². The number of fused-ring (bicyclic) bond motifs is 4. The zero-order valence-electron chi connectivity index (χ0n) is 15.9. The molecular formula is C23H27NO2S. The summed E-state index contributed by atoms with van der Waals surface area (Å²) in [5, 5.41) is 0. The lowest BCUT2D eigenvalue weighted by molar-refractivity contribution is 0.306. The summed E-state index contributed by atoms with van der Waals surface area (Å²) in [6.07, 6.45) is 8.55. The fourth-order valence-electron chi connectivity index (χ4n) is 5.60. The summed E-state index contributed by atoms with van der Waals surface area (Å²) in [5.41, 5.74) is 4.28. The zero-order chi connectivity index (χ0) is 18.6. The highest BCUT2D eigenvalue weighted by atomic mass is 32.2. The van der Waals surface area contributed by atoms with Crippen LogP contribution >= 0.6 is 0 Å². The molecule has 3 nitrogen and oxygen atoms in total. The van der Waals surface area contributed by atoms with Gasteiger partial charge in [0.15, 0.2) is 0 Å². The second kappa shape index (κ2) is 6.37. The van der Waals surface area contributed by atoms with Crippen molar-refractivity contribution in [3.8, 4) is 0 Å². The van der Waals surface area contributed by atoms with Gasteiger partial charge < -0.3 is 0 Å². The van der Waals surface area contributed by atoms with Gasteiger partial charge in [0.25, 0.3) is 10.0 Å². The molecule has 1 saturated carbocycles. The highest BCUT2D eigenvalue weighted by Gasteiger charge is 2.48. The third-order valence-electron chi connectivity index (χ3n) is 6.83. The van der Waals surface area contributed by atoms with Crippen molar-refractivity contribution in [2.75, 3.05) is 4.31 Å². The molecule has 2 aliphatic heterocycles. The van der Waals surface area contributed by atoms with Crippen LogP contribution in [0, 0.1) is 12.8 Å². The van der Waals surface area contributed by atoms with Crippen molar-refractivity contribution in [1.29, 1.82) is 0 Å². The molecule has 1 fully saturated rings. The number of sulfonamides is 1. The van der Waals surface area contributed by atoms with E-state index in [-0.39, 0.29) is 6.04 Å². The molecule has 1 aliphatic carbocycles. The smallest absolute Gasteiger partial charge is 0.262 e. The fourth-order valence-corrected chi connectivity index (χ4v) is 7.53. The van der Waals surface area contributed by atoms with Crippen LogP contribution in [0.5, 0.6) is 0 Å². The average molecular weight is 382 g/mol. The Morgan fingerprint density at radius 1 is 1.04 bits per heavy atom. The Kier molecular flexibility index (Phi) is 4.08. The monoisotopic (exact) mass is 381 g/mol. The molecule has 0 aromatic heterocycles. The molecule has 27 heavy (non-hydrogen) atoms. The van der Waals surface area contributed by atoms with Crippen molar-refractivity contribution in [3.63, 3.8) is 0 Å². The Morgan fingerprint density at radius 2 is 1.81 bits per heavy atom. The van der Waals surface area contributed by atoms with E-state index < -0.39 is 10.0 Å². The molecule has 0 spiro atoms. The fraction of sp³-hybridized carbons (Fsp3) is 0.478. The number of nitrogens with zero attached hydrogens (tertiary/aromatic N) is 1. The normalized spacial score (nSPS) is 26.3. The molecule has 0 amide bonds. The van der Waals surface area contributed by atoms with E-state index in [0.29, 0.717) is 10.8 Å². The third kappa shape index (κ3) is 2.72. The largest absolute Gasteiger partial charge is 0.264 e. The van der Waals surface area contributed by atoms with Crippen LogP contribution in [-0.4, -0.2) is 14.5 Å². The van der Waals surface area contributed by atoms with Crippen LogP contribution in [0.4, 0.5) is 5.69 Å². The molecule has 0 saturated heterocycles. The molecule has 0 bridgehead atoms. The standard InChI is InChI=1S/C23H27NO2S/c1-16-11-12-23-18(13-16)15-22-20(14-17-7-3-2-4-8-17)19-9-5-6-10-21(19)24(22)27(23,25)26/h5-6,9-13,17,20,22H,2-4,7-8,14-15H2,1H3/t20-,22+/m1/s1. The molecule has 2 heterocycles. The number of rotatable bonds is 2. The average Bonchev–Trinajstić information content (AvgIpc) is 2.97. The van der Waals surface area contributed by atoms with Crippen LogP contribution < -0.4 is 4.31 Å². The molecule has 3 aliphatic rings. The van der Waals surface area contributed by atoms with E-state index in [0.717, 1.165) is 35.6 Å². The van der Waals surface area contributed by atoms with E-state index in [2.05, 4.69) is 18.2 Å². The van der Waals surface area contributed by atoms with Crippen LogP contribution in [0.15, 0.2) is 47.4 Å². The maximum absolute atomic E-state index is 13.5. The van der Waals surface area contributed by atoms with Gasteiger partial charge in [0.1, 0.15) is 0 Å². The van der Waals surface area contributed by atoms with Gasteiger partial charge in [-0.15, -0.1) is 0 Å². The minimum Gasteiger partial charge on any atom is -0.262 e. The van der Waals surface area contributed by atoms with E-state index in [1.165, 1.54) is 37.7 Å². The molecule has 142 valence electrons. The number of hydrogen-bond acceptors (Lipinski definition) is 2. The Hall–Kier alpha value is -1.81. The molecule has 2 atom stereocenters. The maximum Gasteiger partial charge on any atom is 0.264 e. The predicted molar refractivity (Wildman–Crippen MR) is 109 cm³/mol. The van der Waals surface area contributed by atoms with E-state index in [4.69, 9.17) is 0 Å². The molecule has 4 heteroatoms. The Balaban J connectivity index is 1.60.